The Bertz CT molecular complexity index is 102. The fraction of sp³-hybridized carbons (Fsp3) is 1.00. The number of ether oxygens (including phenoxy) is 1. The molecule has 0 saturated carbocycles. The van der Waals surface area contributed by atoms with Gasteiger partial charge in [-0.2, -0.15) is 0 Å². The van der Waals surface area contributed by atoms with Gasteiger partial charge in [-0.1, -0.05) is 13.1 Å². The minimum atomic E-state index is -0.324. The van der Waals surface area contributed by atoms with Gasteiger partial charge in [0.1, 0.15) is 0 Å². The molecule has 0 bridgehead atoms. The van der Waals surface area contributed by atoms with Gasteiger partial charge in [0.2, 0.25) is 0 Å². The predicted molar refractivity (Wildman–Crippen MR) is 50.9 cm³/mol. The van der Waals surface area contributed by atoms with E-state index in [1.807, 2.05) is 0 Å². The van der Waals surface area contributed by atoms with Gasteiger partial charge < -0.3 is 4.74 Å². The lowest BCUT2D eigenvalue weighted by molar-refractivity contribution is 0.0404. The zero-order valence-corrected chi connectivity index (χ0v) is 8.83. The quantitative estimate of drug-likeness (QED) is 0.586. The lowest BCUT2D eigenvalue weighted by Gasteiger charge is -2.26. The third-order valence-electron chi connectivity index (χ3n) is 2.13. The van der Waals surface area contributed by atoms with Crippen molar-refractivity contribution < 1.29 is 4.74 Å². The SMILES string of the molecule is C[SiH](C)CCN1CCOCC1. The molecular formula is C8H19NOSi. The largest absolute Gasteiger partial charge is 0.379 e. The van der Waals surface area contributed by atoms with Crippen LogP contribution in [-0.2, 0) is 4.74 Å². The van der Waals surface area contributed by atoms with Crippen LogP contribution in [0.15, 0.2) is 0 Å². The fourth-order valence-corrected chi connectivity index (χ4v) is 2.15. The van der Waals surface area contributed by atoms with Crippen molar-refractivity contribution in [2.24, 2.45) is 0 Å². The molecule has 0 spiro atoms. The molecule has 1 fully saturated rings. The van der Waals surface area contributed by atoms with Crippen molar-refractivity contribution in [1.29, 1.82) is 0 Å². The summed E-state index contributed by atoms with van der Waals surface area (Å²) in [6.45, 7) is 10.3. The monoisotopic (exact) mass is 173 g/mol. The first-order chi connectivity index (χ1) is 5.29. The summed E-state index contributed by atoms with van der Waals surface area (Å²) >= 11 is 0. The molecule has 0 N–H and O–H groups in total. The van der Waals surface area contributed by atoms with Crippen molar-refractivity contribution in [2.75, 3.05) is 32.8 Å². The van der Waals surface area contributed by atoms with Gasteiger partial charge in [0.25, 0.3) is 0 Å². The van der Waals surface area contributed by atoms with Gasteiger partial charge in [0, 0.05) is 21.9 Å². The van der Waals surface area contributed by atoms with Gasteiger partial charge in [-0.05, 0) is 12.6 Å². The summed E-state index contributed by atoms with van der Waals surface area (Å²) in [5.41, 5.74) is 0. The summed E-state index contributed by atoms with van der Waals surface area (Å²) in [6.07, 6.45) is 0. The molecule has 0 radical (unpaired) electrons. The van der Waals surface area contributed by atoms with Gasteiger partial charge in [0.15, 0.2) is 0 Å². The molecule has 0 atom stereocenters. The summed E-state index contributed by atoms with van der Waals surface area (Å²) in [5, 5.41) is 0. The molecule has 1 saturated heterocycles. The highest BCUT2D eigenvalue weighted by molar-refractivity contribution is 6.55. The standard InChI is InChI=1S/C8H19NOSi/c1-11(2)8-5-9-3-6-10-7-4-9/h11H,3-8H2,1-2H3. The maximum absolute atomic E-state index is 5.28. The average Bonchev–Trinajstić information content (AvgIpc) is 2.03. The van der Waals surface area contributed by atoms with Gasteiger partial charge in [-0.3, -0.25) is 4.90 Å². The van der Waals surface area contributed by atoms with E-state index in [4.69, 9.17) is 4.74 Å². The zero-order valence-electron chi connectivity index (χ0n) is 7.68. The highest BCUT2D eigenvalue weighted by atomic mass is 28.3. The summed E-state index contributed by atoms with van der Waals surface area (Å²) in [5.74, 6) is 0. The molecule has 0 aromatic rings. The van der Waals surface area contributed by atoms with Gasteiger partial charge in [0.05, 0.1) is 13.2 Å². The van der Waals surface area contributed by atoms with Crippen LogP contribution in [0.3, 0.4) is 0 Å². The molecule has 0 amide bonds. The molecule has 2 nitrogen and oxygen atoms in total. The number of morpholine rings is 1. The Morgan fingerprint density at radius 3 is 2.45 bits per heavy atom. The van der Waals surface area contributed by atoms with Crippen molar-refractivity contribution in [3.63, 3.8) is 0 Å². The topological polar surface area (TPSA) is 12.5 Å². The first kappa shape index (κ1) is 9.23. The van der Waals surface area contributed by atoms with E-state index >= 15 is 0 Å². The predicted octanol–water partition coefficient (Wildman–Crippen LogP) is 0.805. The van der Waals surface area contributed by atoms with Crippen molar-refractivity contribution >= 4 is 8.80 Å². The van der Waals surface area contributed by atoms with E-state index in [2.05, 4.69) is 18.0 Å². The third-order valence-corrected chi connectivity index (χ3v) is 3.54. The Labute approximate surface area is 71.1 Å². The minimum absolute atomic E-state index is 0.324. The van der Waals surface area contributed by atoms with Crippen LogP contribution in [0.2, 0.25) is 19.1 Å². The second-order valence-electron chi connectivity index (χ2n) is 3.64. The molecule has 0 aliphatic carbocycles. The van der Waals surface area contributed by atoms with Crippen molar-refractivity contribution in [1.82, 2.24) is 4.90 Å². The van der Waals surface area contributed by atoms with Crippen molar-refractivity contribution in [3.05, 3.63) is 0 Å². The van der Waals surface area contributed by atoms with E-state index in [0.717, 1.165) is 26.3 Å². The highest BCUT2D eigenvalue weighted by Gasteiger charge is 2.09. The zero-order chi connectivity index (χ0) is 8.10. The molecule has 0 unspecified atom stereocenters. The normalized spacial score (nSPS) is 21.0. The van der Waals surface area contributed by atoms with Crippen molar-refractivity contribution in [2.45, 2.75) is 19.1 Å². The van der Waals surface area contributed by atoms with Crippen LogP contribution < -0.4 is 0 Å². The molecule has 0 aromatic heterocycles. The lowest BCUT2D eigenvalue weighted by atomic mass is 10.4. The second kappa shape index (κ2) is 4.90. The molecule has 3 heteroatoms. The molecule has 1 heterocycles. The molecule has 1 aliphatic heterocycles. The maximum atomic E-state index is 5.28. The van der Waals surface area contributed by atoms with Crippen LogP contribution in [0.5, 0.6) is 0 Å². The van der Waals surface area contributed by atoms with Crippen molar-refractivity contribution in [3.8, 4) is 0 Å². The Hall–Kier alpha value is 0.137. The van der Waals surface area contributed by atoms with E-state index in [-0.39, 0.29) is 8.80 Å². The summed E-state index contributed by atoms with van der Waals surface area (Å²) in [4.78, 5) is 2.52. The molecule has 1 aliphatic rings. The van der Waals surface area contributed by atoms with E-state index < -0.39 is 0 Å². The molecule has 66 valence electrons. The number of hydrogen-bond donors (Lipinski definition) is 0. The number of rotatable bonds is 3. The van der Waals surface area contributed by atoms with Crippen LogP contribution >= 0.6 is 0 Å². The van der Waals surface area contributed by atoms with Crippen LogP contribution in [0.4, 0.5) is 0 Å². The summed E-state index contributed by atoms with van der Waals surface area (Å²) in [6, 6.07) is 1.46. The lowest BCUT2D eigenvalue weighted by Crippen LogP contribution is -2.37. The first-order valence-corrected chi connectivity index (χ1v) is 7.71. The molecular weight excluding hydrogens is 154 g/mol. The number of hydrogen-bond acceptors (Lipinski definition) is 2. The Balaban J connectivity index is 2.05. The van der Waals surface area contributed by atoms with E-state index in [9.17, 15) is 0 Å². The second-order valence-corrected chi connectivity index (χ2v) is 7.00. The molecule has 1 rings (SSSR count). The van der Waals surface area contributed by atoms with Crippen LogP contribution in [0.25, 0.3) is 0 Å². The van der Waals surface area contributed by atoms with Crippen LogP contribution in [-0.4, -0.2) is 46.5 Å². The molecule has 11 heavy (non-hydrogen) atoms. The third kappa shape index (κ3) is 3.89. The van der Waals surface area contributed by atoms with Gasteiger partial charge >= 0.3 is 0 Å². The smallest absolute Gasteiger partial charge is 0.0594 e. The maximum Gasteiger partial charge on any atom is 0.0594 e. The molecule has 0 aromatic carbocycles. The average molecular weight is 173 g/mol. The van der Waals surface area contributed by atoms with E-state index in [1.54, 1.807) is 0 Å². The van der Waals surface area contributed by atoms with Crippen LogP contribution in [0.1, 0.15) is 0 Å². The summed E-state index contributed by atoms with van der Waals surface area (Å²) in [7, 11) is -0.324. The van der Waals surface area contributed by atoms with E-state index in [1.165, 1.54) is 12.6 Å². The highest BCUT2D eigenvalue weighted by Crippen LogP contribution is 2.00. The Morgan fingerprint density at radius 2 is 1.91 bits per heavy atom. The fourth-order valence-electron chi connectivity index (χ4n) is 1.27. The first-order valence-electron chi connectivity index (χ1n) is 4.59. The van der Waals surface area contributed by atoms with Gasteiger partial charge in [-0.25, -0.2) is 0 Å². The minimum Gasteiger partial charge on any atom is -0.379 e. The van der Waals surface area contributed by atoms with Crippen LogP contribution in [0, 0.1) is 0 Å². The Kier molecular flexibility index (Phi) is 4.11. The van der Waals surface area contributed by atoms with Gasteiger partial charge in [-0.15, -0.1) is 0 Å². The Morgan fingerprint density at radius 1 is 1.27 bits per heavy atom. The van der Waals surface area contributed by atoms with E-state index in [0.29, 0.717) is 0 Å². The number of nitrogens with zero attached hydrogens (tertiary/aromatic N) is 1. The summed E-state index contributed by atoms with van der Waals surface area (Å²) < 4.78 is 5.28.